The predicted molar refractivity (Wildman–Crippen MR) is 37.5 cm³/mol. The quantitative estimate of drug-likeness (QED) is 0.557. The maximum atomic E-state index is 10.4. The average molecular weight is 158 g/mol. The van der Waals surface area contributed by atoms with Gasteiger partial charge < -0.3 is 0 Å². The fourth-order valence-corrected chi connectivity index (χ4v) is 2.25. The van der Waals surface area contributed by atoms with Crippen LogP contribution in [0.5, 0.6) is 0 Å². The van der Waals surface area contributed by atoms with Gasteiger partial charge in [0.1, 0.15) is 0 Å². The summed E-state index contributed by atoms with van der Waals surface area (Å²) in [5, 5.41) is 0. The lowest BCUT2D eigenvalue weighted by atomic mass is 11.0. The third kappa shape index (κ3) is 3.40. The summed E-state index contributed by atoms with van der Waals surface area (Å²) in [6.45, 7) is 1.65. The summed E-state index contributed by atoms with van der Waals surface area (Å²) in [5.41, 5.74) is 0. The van der Waals surface area contributed by atoms with E-state index in [9.17, 15) is 8.42 Å². The highest BCUT2D eigenvalue weighted by Crippen LogP contribution is 2.28. The monoisotopic (exact) mass is 158 g/mol. The van der Waals surface area contributed by atoms with Gasteiger partial charge >= 0.3 is 0 Å². The van der Waals surface area contributed by atoms with Crippen molar-refractivity contribution in [3.8, 4) is 0 Å². The highest BCUT2D eigenvalue weighted by Gasteiger charge is 1.99. The van der Waals surface area contributed by atoms with Crippen molar-refractivity contribution in [2.45, 2.75) is 6.92 Å². The summed E-state index contributed by atoms with van der Waals surface area (Å²) in [5.74, 6) is 0.259. The molecule has 0 heterocycles. The standard InChI is InChI=1S/C2H8O2P2S/c1-2-7(3,4)6-5/h6H,2,5H2,1H3. The van der Waals surface area contributed by atoms with Gasteiger partial charge in [-0.15, -0.1) is 0 Å². The van der Waals surface area contributed by atoms with E-state index in [4.69, 9.17) is 0 Å². The van der Waals surface area contributed by atoms with Crippen LogP contribution in [0.25, 0.3) is 0 Å². The van der Waals surface area contributed by atoms with E-state index in [1.165, 1.54) is 0 Å². The Balaban J connectivity index is 3.89. The van der Waals surface area contributed by atoms with Crippen LogP contribution >= 0.6 is 16.4 Å². The zero-order chi connectivity index (χ0) is 5.91. The molecule has 0 N–H and O–H groups in total. The van der Waals surface area contributed by atoms with Crippen molar-refractivity contribution < 1.29 is 8.42 Å². The molecule has 2 unspecified atom stereocenters. The molecule has 0 aliphatic heterocycles. The molecule has 0 saturated carbocycles. The van der Waals surface area contributed by atoms with Gasteiger partial charge in [-0.2, -0.15) is 0 Å². The molecule has 44 valence electrons. The molecule has 0 radical (unpaired) electrons. The maximum absolute atomic E-state index is 10.4. The first-order chi connectivity index (χ1) is 3.12. The first-order valence-electron chi connectivity index (χ1n) is 1.82. The van der Waals surface area contributed by atoms with E-state index in [0.29, 0.717) is 0 Å². The molecule has 0 aliphatic rings. The molecule has 0 fully saturated rings. The van der Waals surface area contributed by atoms with Gasteiger partial charge in [0.2, 0.25) is 0 Å². The Morgan fingerprint density at radius 3 is 2.14 bits per heavy atom. The molecule has 0 bridgehead atoms. The summed E-state index contributed by atoms with van der Waals surface area (Å²) in [6, 6.07) is 0. The highest BCUT2D eigenvalue weighted by atomic mass is 32.9. The van der Waals surface area contributed by atoms with Gasteiger partial charge in [-0.05, 0) is 0 Å². The molecule has 5 heteroatoms. The van der Waals surface area contributed by atoms with Gasteiger partial charge in [0.05, 0.1) is 5.75 Å². The van der Waals surface area contributed by atoms with Crippen LogP contribution < -0.4 is 0 Å². The molecule has 7 heavy (non-hydrogen) atoms. The van der Waals surface area contributed by atoms with Gasteiger partial charge in [0.25, 0.3) is 0 Å². The third-order valence-corrected chi connectivity index (χ3v) is 6.85. The molecule has 2 nitrogen and oxygen atoms in total. The minimum atomic E-state index is -2.67. The summed E-state index contributed by atoms with van der Waals surface area (Å²) in [6.07, 6.45) is 0. The fourth-order valence-electron chi connectivity index (χ4n) is 0.0833. The minimum Gasteiger partial charge on any atom is -0.225 e. The summed E-state index contributed by atoms with van der Waals surface area (Å²) in [4.78, 5) is 0. The van der Waals surface area contributed by atoms with Gasteiger partial charge in [0, 0.05) is 7.47 Å². The molecule has 0 amide bonds. The van der Waals surface area contributed by atoms with Crippen LogP contribution in [0.3, 0.4) is 0 Å². The Hall–Kier alpha value is 0.810. The van der Waals surface area contributed by atoms with Crippen LogP contribution in [0.2, 0.25) is 0 Å². The van der Waals surface area contributed by atoms with Crippen molar-refractivity contribution in [3.63, 3.8) is 0 Å². The largest absolute Gasteiger partial charge is 0.225 e. The second kappa shape index (κ2) is 2.96. The van der Waals surface area contributed by atoms with Crippen LogP contribution in [0, 0.1) is 0 Å². The lowest BCUT2D eigenvalue weighted by Gasteiger charge is -1.89. The molecule has 0 aromatic rings. The first kappa shape index (κ1) is 7.81. The molecule has 0 saturated heterocycles. The SMILES string of the molecule is CCS(=O)(=O)PP. The Morgan fingerprint density at radius 1 is 1.71 bits per heavy atom. The molecule has 2 atom stereocenters. The number of hydrogen-bond acceptors (Lipinski definition) is 2. The van der Waals surface area contributed by atoms with Crippen molar-refractivity contribution in [1.29, 1.82) is 0 Å². The molecule has 0 spiro atoms. The van der Waals surface area contributed by atoms with E-state index in [1.54, 1.807) is 6.92 Å². The van der Waals surface area contributed by atoms with E-state index in [1.807, 2.05) is 0 Å². The normalized spacial score (nSPS) is 13.4. The smallest absolute Gasteiger partial charge is 0.167 e. The van der Waals surface area contributed by atoms with Crippen molar-refractivity contribution >= 4 is 25.9 Å². The summed E-state index contributed by atoms with van der Waals surface area (Å²) >= 11 is 0. The van der Waals surface area contributed by atoms with E-state index < -0.39 is 9.46 Å². The van der Waals surface area contributed by atoms with Gasteiger partial charge in [-0.3, -0.25) is 0 Å². The van der Waals surface area contributed by atoms with Crippen molar-refractivity contribution in [2.24, 2.45) is 0 Å². The van der Waals surface area contributed by atoms with E-state index in [0.717, 1.165) is 0 Å². The van der Waals surface area contributed by atoms with E-state index in [-0.39, 0.29) is 13.2 Å². The van der Waals surface area contributed by atoms with Gasteiger partial charge in [-0.25, -0.2) is 8.42 Å². The van der Waals surface area contributed by atoms with Crippen LogP contribution in [-0.4, -0.2) is 14.2 Å². The molecular weight excluding hydrogens is 150 g/mol. The van der Waals surface area contributed by atoms with Crippen LogP contribution in [0.15, 0.2) is 0 Å². The maximum Gasteiger partial charge on any atom is 0.167 e. The van der Waals surface area contributed by atoms with E-state index in [2.05, 4.69) is 8.93 Å². The molecular formula is C2H8O2P2S. The van der Waals surface area contributed by atoms with E-state index >= 15 is 0 Å². The zero-order valence-electron chi connectivity index (χ0n) is 4.01. The molecule has 0 aromatic heterocycles. The van der Waals surface area contributed by atoms with Gasteiger partial charge in [0.15, 0.2) is 9.46 Å². The Labute approximate surface area is 47.6 Å². The average Bonchev–Trinajstić information content (AvgIpc) is 1.68. The van der Waals surface area contributed by atoms with Crippen LogP contribution in [0.1, 0.15) is 6.92 Å². The zero-order valence-corrected chi connectivity index (χ0v) is 6.98. The Kier molecular flexibility index (Phi) is 3.30. The van der Waals surface area contributed by atoms with Crippen LogP contribution in [-0.2, 0) is 9.46 Å². The summed E-state index contributed by atoms with van der Waals surface area (Å²) in [7, 11) is -0.484. The summed E-state index contributed by atoms with van der Waals surface area (Å²) < 4.78 is 20.7. The lowest BCUT2D eigenvalue weighted by molar-refractivity contribution is 0.611. The number of hydrogen-bond donors (Lipinski definition) is 0. The minimum absolute atomic E-state index is 0.0266. The highest BCUT2D eigenvalue weighted by molar-refractivity contribution is 8.60. The molecule has 0 aromatic carbocycles. The van der Waals surface area contributed by atoms with Crippen molar-refractivity contribution in [2.75, 3.05) is 5.75 Å². The first-order valence-corrected chi connectivity index (χ1v) is 7.01. The molecule has 0 aliphatic carbocycles. The predicted octanol–water partition coefficient (Wildman–Crippen LogP) is 0.805. The van der Waals surface area contributed by atoms with Gasteiger partial charge in [-0.1, -0.05) is 15.9 Å². The Morgan fingerprint density at radius 2 is 2.14 bits per heavy atom. The third-order valence-electron chi connectivity index (χ3n) is 0.560. The van der Waals surface area contributed by atoms with Crippen molar-refractivity contribution in [3.05, 3.63) is 0 Å². The molecule has 0 rings (SSSR count). The second-order valence-electron chi connectivity index (χ2n) is 1.02. The van der Waals surface area contributed by atoms with Crippen LogP contribution in [0.4, 0.5) is 0 Å². The second-order valence-corrected chi connectivity index (χ2v) is 7.76. The lowest BCUT2D eigenvalue weighted by Crippen LogP contribution is -1.89. The fraction of sp³-hybridized carbons (Fsp3) is 1.00. The van der Waals surface area contributed by atoms with Crippen molar-refractivity contribution in [1.82, 2.24) is 0 Å². The number of rotatable bonds is 2. The topological polar surface area (TPSA) is 34.1 Å². The Bertz CT molecular complexity index is 117.